The second kappa shape index (κ2) is 10.7. The quantitative estimate of drug-likeness (QED) is 0.536. The van der Waals surface area contributed by atoms with Crippen LogP contribution in [0.5, 0.6) is 0 Å². The van der Waals surface area contributed by atoms with Crippen molar-refractivity contribution in [3.05, 3.63) is 48.6 Å². The van der Waals surface area contributed by atoms with E-state index in [1.165, 1.54) is 44.9 Å². The molecule has 0 radical (unpaired) electrons. The fourth-order valence-electron chi connectivity index (χ4n) is 3.61. The maximum Gasteiger partial charge on any atom is -0.00443 e. The highest BCUT2D eigenvalue weighted by Crippen LogP contribution is 2.44. The lowest BCUT2D eigenvalue weighted by Crippen LogP contribution is -2.30. The Balaban J connectivity index is 0.000000829. The number of rotatable bonds is 4. The molecule has 20 heavy (non-hydrogen) atoms. The molecule has 0 fully saturated rings. The minimum atomic E-state index is 0.512. The number of hydrogen-bond acceptors (Lipinski definition) is 0. The summed E-state index contributed by atoms with van der Waals surface area (Å²) in [6.07, 6.45) is 9.46. The highest BCUT2D eigenvalue weighted by atomic mass is 14.4. The van der Waals surface area contributed by atoms with Gasteiger partial charge in [0.05, 0.1) is 0 Å². The van der Waals surface area contributed by atoms with Gasteiger partial charge in [-0.2, -0.15) is 0 Å². The van der Waals surface area contributed by atoms with Crippen molar-refractivity contribution in [3.8, 4) is 0 Å². The molecular formula is C20H34. The van der Waals surface area contributed by atoms with Crippen molar-refractivity contribution in [2.75, 3.05) is 0 Å². The Morgan fingerprint density at radius 1 is 1.00 bits per heavy atom. The molecule has 1 aromatic carbocycles. The van der Waals surface area contributed by atoms with Gasteiger partial charge in [0, 0.05) is 0 Å². The van der Waals surface area contributed by atoms with Crippen LogP contribution >= 0.6 is 0 Å². The molecule has 0 nitrogen and oxygen atoms in total. The zero-order valence-corrected chi connectivity index (χ0v) is 14.2. The van der Waals surface area contributed by atoms with Crippen LogP contribution in [0.4, 0.5) is 0 Å². The lowest BCUT2D eigenvalue weighted by molar-refractivity contribution is 0.305. The SMILES string of the molecule is C=C.CC.CCCC1(CCC)CCCc2ccccc21. The first-order valence-corrected chi connectivity index (χ1v) is 8.41. The Bertz CT molecular complexity index is 345. The molecule has 0 unspecified atom stereocenters. The van der Waals surface area contributed by atoms with Crippen LogP contribution in [0.2, 0.25) is 0 Å². The van der Waals surface area contributed by atoms with E-state index in [2.05, 4.69) is 51.3 Å². The Morgan fingerprint density at radius 3 is 2.10 bits per heavy atom. The number of aryl methyl sites for hydroxylation is 1. The minimum Gasteiger partial charge on any atom is -0.106 e. The first-order valence-electron chi connectivity index (χ1n) is 8.41. The van der Waals surface area contributed by atoms with Crippen LogP contribution in [-0.2, 0) is 11.8 Å². The third kappa shape index (κ3) is 4.51. The normalized spacial score (nSPS) is 15.0. The van der Waals surface area contributed by atoms with E-state index in [0.29, 0.717) is 5.41 Å². The third-order valence-corrected chi connectivity index (χ3v) is 4.15. The molecule has 0 amide bonds. The largest absolute Gasteiger partial charge is 0.106 e. The van der Waals surface area contributed by atoms with Crippen molar-refractivity contribution in [1.82, 2.24) is 0 Å². The van der Waals surface area contributed by atoms with E-state index in [-0.39, 0.29) is 0 Å². The van der Waals surface area contributed by atoms with Crippen LogP contribution in [0.15, 0.2) is 37.4 Å². The molecule has 0 N–H and O–H groups in total. The second-order valence-electron chi connectivity index (χ2n) is 5.29. The molecule has 1 aliphatic rings. The fraction of sp³-hybridized carbons (Fsp3) is 0.600. The summed E-state index contributed by atoms with van der Waals surface area (Å²) in [5.41, 5.74) is 3.80. The van der Waals surface area contributed by atoms with Gasteiger partial charge in [-0.3, -0.25) is 0 Å². The Morgan fingerprint density at radius 2 is 1.55 bits per heavy atom. The molecule has 114 valence electrons. The third-order valence-electron chi connectivity index (χ3n) is 4.15. The van der Waals surface area contributed by atoms with Crippen LogP contribution in [-0.4, -0.2) is 0 Å². The highest BCUT2D eigenvalue weighted by Gasteiger charge is 2.34. The molecule has 0 heterocycles. The Kier molecular flexibility index (Phi) is 10.2. The summed E-state index contributed by atoms with van der Waals surface area (Å²) in [5, 5.41) is 0. The molecular weight excluding hydrogens is 240 g/mol. The summed E-state index contributed by atoms with van der Waals surface area (Å²) in [6.45, 7) is 14.7. The predicted molar refractivity (Wildman–Crippen MR) is 93.5 cm³/mol. The lowest BCUT2D eigenvalue weighted by atomic mass is 9.65. The van der Waals surface area contributed by atoms with Gasteiger partial charge >= 0.3 is 0 Å². The molecule has 0 spiro atoms. The Hall–Kier alpha value is -1.04. The maximum absolute atomic E-state index is 3.00. The second-order valence-corrected chi connectivity index (χ2v) is 5.29. The van der Waals surface area contributed by atoms with Crippen molar-refractivity contribution in [2.45, 2.75) is 78.1 Å². The van der Waals surface area contributed by atoms with Gasteiger partial charge in [-0.1, -0.05) is 64.8 Å². The van der Waals surface area contributed by atoms with Crippen LogP contribution in [0.25, 0.3) is 0 Å². The maximum atomic E-state index is 3.00. The van der Waals surface area contributed by atoms with Crippen LogP contribution in [0.1, 0.15) is 77.3 Å². The molecule has 1 aliphatic carbocycles. The van der Waals surface area contributed by atoms with E-state index in [9.17, 15) is 0 Å². The van der Waals surface area contributed by atoms with Gasteiger partial charge in [-0.15, -0.1) is 13.2 Å². The van der Waals surface area contributed by atoms with Gasteiger partial charge in [0.15, 0.2) is 0 Å². The molecule has 0 saturated heterocycles. The molecule has 0 aromatic heterocycles. The topological polar surface area (TPSA) is 0 Å². The molecule has 0 bridgehead atoms. The van der Waals surface area contributed by atoms with Crippen LogP contribution in [0.3, 0.4) is 0 Å². The summed E-state index contributed by atoms with van der Waals surface area (Å²) >= 11 is 0. The van der Waals surface area contributed by atoms with Crippen LogP contribution < -0.4 is 0 Å². The summed E-state index contributed by atoms with van der Waals surface area (Å²) < 4.78 is 0. The van der Waals surface area contributed by atoms with Crippen molar-refractivity contribution < 1.29 is 0 Å². The van der Waals surface area contributed by atoms with Gasteiger partial charge in [0.2, 0.25) is 0 Å². The van der Waals surface area contributed by atoms with Crippen LogP contribution in [0, 0.1) is 0 Å². The standard InChI is InChI=1S/C16H24.C2H6.C2H4/c1-3-11-16(12-4-2)13-7-9-14-8-5-6-10-15(14)16;2*1-2/h5-6,8,10H,3-4,7,9,11-13H2,1-2H3;1-2H3;1-2H2. The van der Waals surface area contributed by atoms with Crippen molar-refractivity contribution in [3.63, 3.8) is 0 Å². The number of benzene rings is 1. The van der Waals surface area contributed by atoms with Gasteiger partial charge in [-0.25, -0.2) is 0 Å². The lowest BCUT2D eigenvalue weighted by Gasteiger charge is -2.39. The highest BCUT2D eigenvalue weighted by molar-refractivity contribution is 5.36. The molecule has 0 atom stereocenters. The molecule has 0 heteroatoms. The number of hydrogen-bond donors (Lipinski definition) is 0. The molecule has 2 rings (SSSR count). The van der Waals surface area contributed by atoms with Crippen molar-refractivity contribution >= 4 is 0 Å². The van der Waals surface area contributed by atoms with Gasteiger partial charge in [0.25, 0.3) is 0 Å². The first kappa shape index (κ1) is 19.0. The average Bonchev–Trinajstić information content (AvgIpc) is 2.52. The molecule has 1 aromatic rings. The fourth-order valence-corrected chi connectivity index (χ4v) is 3.61. The van der Waals surface area contributed by atoms with Gasteiger partial charge in [0.1, 0.15) is 0 Å². The van der Waals surface area contributed by atoms with E-state index in [0.717, 1.165) is 0 Å². The molecule has 0 saturated carbocycles. The van der Waals surface area contributed by atoms with Gasteiger partial charge in [-0.05, 0) is 48.6 Å². The summed E-state index contributed by atoms with van der Waals surface area (Å²) in [7, 11) is 0. The van der Waals surface area contributed by atoms with E-state index >= 15 is 0 Å². The van der Waals surface area contributed by atoms with E-state index in [1.807, 2.05) is 13.8 Å². The summed E-state index contributed by atoms with van der Waals surface area (Å²) in [5.74, 6) is 0. The summed E-state index contributed by atoms with van der Waals surface area (Å²) in [4.78, 5) is 0. The Labute approximate surface area is 127 Å². The van der Waals surface area contributed by atoms with E-state index < -0.39 is 0 Å². The van der Waals surface area contributed by atoms with Gasteiger partial charge < -0.3 is 0 Å². The smallest absolute Gasteiger partial charge is 0.00443 e. The molecule has 0 aliphatic heterocycles. The summed E-state index contributed by atoms with van der Waals surface area (Å²) in [6, 6.07) is 9.16. The average molecular weight is 274 g/mol. The van der Waals surface area contributed by atoms with Crippen molar-refractivity contribution in [1.29, 1.82) is 0 Å². The van der Waals surface area contributed by atoms with Crippen molar-refractivity contribution in [2.24, 2.45) is 0 Å². The van der Waals surface area contributed by atoms with E-state index in [1.54, 1.807) is 11.1 Å². The predicted octanol–water partition coefficient (Wildman–Crippen LogP) is 6.69. The minimum absolute atomic E-state index is 0.512. The first-order chi connectivity index (χ1) is 9.82. The zero-order chi connectivity index (χ0) is 15.4. The monoisotopic (exact) mass is 274 g/mol. The number of fused-ring (bicyclic) bond motifs is 1. The zero-order valence-electron chi connectivity index (χ0n) is 14.2. The van der Waals surface area contributed by atoms with E-state index in [4.69, 9.17) is 0 Å².